The third-order valence-corrected chi connectivity index (χ3v) is 3.85. The van der Waals surface area contributed by atoms with E-state index in [2.05, 4.69) is 0 Å². The third-order valence-electron chi connectivity index (χ3n) is 3.85. The molecule has 1 aliphatic heterocycles. The van der Waals surface area contributed by atoms with Crippen LogP contribution in [0.5, 0.6) is 5.75 Å². The van der Waals surface area contributed by atoms with Crippen LogP contribution in [0.1, 0.15) is 25.7 Å². The molecule has 1 fully saturated rings. The molecule has 1 aliphatic rings. The minimum Gasteiger partial charge on any atom is -0.481 e. The van der Waals surface area contributed by atoms with Crippen LogP contribution < -0.4 is 4.74 Å². The number of carboxylic acid groups (broad SMARTS) is 1. The van der Waals surface area contributed by atoms with Crippen molar-refractivity contribution in [1.29, 1.82) is 0 Å². The first-order chi connectivity index (χ1) is 10.6. The van der Waals surface area contributed by atoms with E-state index in [-0.39, 0.29) is 30.6 Å². The van der Waals surface area contributed by atoms with Crippen LogP contribution in [-0.4, -0.2) is 41.6 Å². The van der Waals surface area contributed by atoms with Crippen LogP contribution in [-0.2, 0) is 9.59 Å². The number of hydrogen-bond donors (Lipinski definition) is 1. The Balaban J connectivity index is 1.83. The fourth-order valence-corrected chi connectivity index (χ4v) is 2.66. The van der Waals surface area contributed by atoms with Gasteiger partial charge in [0.2, 0.25) is 0 Å². The Morgan fingerprint density at radius 3 is 2.77 bits per heavy atom. The molecule has 0 aliphatic carbocycles. The second kappa shape index (κ2) is 7.77. The molecule has 1 heterocycles. The van der Waals surface area contributed by atoms with Crippen LogP contribution in [0.2, 0.25) is 0 Å². The zero-order valence-corrected chi connectivity index (χ0v) is 12.3. The normalized spacial score (nSPS) is 18.6. The predicted octanol–water partition coefficient (Wildman–Crippen LogP) is 2.31. The van der Waals surface area contributed by atoms with Gasteiger partial charge in [-0.15, -0.1) is 0 Å². The maximum Gasteiger partial charge on any atom is 0.303 e. The molecule has 0 unspecified atom stereocenters. The van der Waals surface area contributed by atoms with E-state index in [0.717, 1.165) is 12.8 Å². The number of rotatable bonds is 5. The number of carboxylic acids is 1. The van der Waals surface area contributed by atoms with Crippen molar-refractivity contribution in [2.45, 2.75) is 25.7 Å². The fraction of sp³-hybridized carbons (Fsp3) is 0.500. The summed E-state index contributed by atoms with van der Waals surface area (Å²) in [4.78, 5) is 24.5. The first-order valence-electron chi connectivity index (χ1n) is 7.43. The molecular formula is C16H20FNO4. The van der Waals surface area contributed by atoms with Crippen LogP contribution in [0.15, 0.2) is 24.3 Å². The molecule has 1 aromatic carbocycles. The summed E-state index contributed by atoms with van der Waals surface area (Å²) in [6.07, 6.45) is 2.42. The summed E-state index contributed by atoms with van der Waals surface area (Å²) in [5.41, 5.74) is 0. The maximum absolute atomic E-state index is 13.4. The van der Waals surface area contributed by atoms with E-state index >= 15 is 0 Å². The van der Waals surface area contributed by atoms with Gasteiger partial charge in [0.25, 0.3) is 5.91 Å². The third kappa shape index (κ3) is 4.72. The van der Waals surface area contributed by atoms with Gasteiger partial charge in [-0.1, -0.05) is 12.1 Å². The highest BCUT2D eigenvalue weighted by atomic mass is 19.1. The van der Waals surface area contributed by atoms with E-state index < -0.39 is 11.8 Å². The Hall–Kier alpha value is -2.11. The molecule has 0 aromatic heterocycles. The quantitative estimate of drug-likeness (QED) is 0.906. The molecule has 0 bridgehead atoms. The lowest BCUT2D eigenvalue weighted by molar-refractivity contribution is -0.138. The molecule has 1 N–H and O–H groups in total. The monoisotopic (exact) mass is 309 g/mol. The van der Waals surface area contributed by atoms with Crippen molar-refractivity contribution in [3.63, 3.8) is 0 Å². The number of para-hydroxylation sites is 1. The van der Waals surface area contributed by atoms with E-state index in [1.54, 1.807) is 17.0 Å². The summed E-state index contributed by atoms with van der Waals surface area (Å²) in [6, 6.07) is 5.96. The van der Waals surface area contributed by atoms with Crippen molar-refractivity contribution < 1.29 is 23.8 Å². The van der Waals surface area contributed by atoms with Gasteiger partial charge in [0.05, 0.1) is 0 Å². The Morgan fingerprint density at radius 2 is 2.05 bits per heavy atom. The van der Waals surface area contributed by atoms with Crippen molar-refractivity contribution >= 4 is 11.9 Å². The number of amides is 1. The molecule has 1 amide bonds. The topological polar surface area (TPSA) is 66.8 Å². The van der Waals surface area contributed by atoms with Crippen LogP contribution in [0.25, 0.3) is 0 Å². The van der Waals surface area contributed by atoms with Crippen molar-refractivity contribution in [2.75, 3.05) is 19.7 Å². The molecule has 2 rings (SSSR count). The molecule has 1 aromatic rings. The summed E-state index contributed by atoms with van der Waals surface area (Å²) >= 11 is 0. The van der Waals surface area contributed by atoms with Crippen LogP contribution in [0, 0.1) is 11.7 Å². The van der Waals surface area contributed by atoms with E-state index in [0.29, 0.717) is 19.5 Å². The van der Waals surface area contributed by atoms with Crippen molar-refractivity contribution in [1.82, 2.24) is 4.90 Å². The van der Waals surface area contributed by atoms with Crippen molar-refractivity contribution in [3.05, 3.63) is 30.1 Å². The molecule has 120 valence electrons. The highest BCUT2D eigenvalue weighted by molar-refractivity contribution is 5.77. The largest absolute Gasteiger partial charge is 0.481 e. The molecule has 0 saturated carbocycles. The van der Waals surface area contributed by atoms with Crippen LogP contribution in [0.3, 0.4) is 0 Å². The lowest BCUT2D eigenvalue weighted by Gasteiger charge is -2.20. The number of hydrogen-bond acceptors (Lipinski definition) is 3. The van der Waals surface area contributed by atoms with E-state index in [1.165, 1.54) is 12.1 Å². The van der Waals surface area contributed by atoms with Gasteiger partial charge in [-0.05, 0) is 37.3 Å². The van der Waals surface area contributed by atoms with E-state index in [9.17, 15) is 14.0 Å². The van der Waals surface area contributed by atoms with Gasteiger partial charge in [0.15, 0.2) is 18.2 Å². The van der Waals surface area contributed by atoms with Gasteiger partial charge >= 0.3 is 5.97 Å². The molecule has 0 radical (unpaired) electrons. The van der Waals surface area contributed by atoms with Gasteiger partial charge in [-0.25, -0.2) is 4.39 Å². The number of aliphatic carboxylic acids is 1. The minimum atomic E-state index is -0.798. The standard InChI is InChI=1S/C16H20FNO4/c17-13-5-1-2-6-14(13)22-11-15(19)18-8-3-4-12(7-9-18)10-16(20)21/h1-2,5-6,12H,3-4,7-11H2,(H,20,21)/t12-/m0/s1. The SMILES string of the molecule is O=C(O)C[C@H]1CCCN(C(=O)COc2ccccc2F)CC1. The van der Waals surface area contributed by atoms with Gasteiger partial charge in [0.1, 0.15) is 0 Å². The summed E-state index contributed by atoms with van der Waals surface area (Å²) in [5, 5.41) is 8.83. The number of carbonyl (C=O) groups excluding carboxylic acids is 1. The molecule has 0 spiro atoms. The first-order valence-corrected chi connectivity index (χ1v) is 7.43. The molecule has 6 heteroatoms. The number of nitrogens with zero attached hydrogens (tertiary/aromatic N) is 1. The van der Waals surface area contributed by atoms with Gasteiger partial charge < -0.3 is 14.7 Å². The molecule has 1 saturated heterocycles. The second-order valence-corrected chi connectivity index (χ2v) is 5.49. The second-order valence-electron chi connectivity index (χ2n) is 5.49. The Morgan fingerprint density at radius 1 is 1.27 bits per heavy atom. The number of carbonyl (C=O) groups is 2. The van der Waals surface area contributed by atoms with Gasteiger partial charge in [-0.3, -0.25) is 9.59 Å². The number of likely N-dealkylation sites (tertiary alicyclic amines) is 1. The fourth-order valence-electron chi connectivity index (χ4n) is 2.66. The number of benzene rings is 1. The van der Waals surface area contributed by atoms with Crippen LogP contribution >= 0.6 is 0 Å². The molecular weight excluding hydrogens is 289 g/mol. The van der Waals surface area contributed by atoms with Crippen molar-refractivity contribution in [2.24, 2.45) is 5.92 Å². The lowest BCUT2D eigenvalue weighted by atomic mass is 9.97. The smallest absolute Gasteiger partial charge is 0.303 e. The van der Waals surface area contributed by atoms with E-state index in [4.69, 9.17) is 9.84 Å². The average molecular weight is 309 g/mol. The maximum atomic E-state index is 13.4. The zero-order valence-electron chi connectivity index (χ0n) is 12.3. The Labute approximate surface area is 128 Å². The first kappa shape index (κ1) is 16.3. The number of halogens is 1. The lowest BCUT2D eigenvalue weighted by Crippen LogP contribution is -2.35. The molecule has 1 atom stereocenters. The van der Waals surface area contributed by atoms with Crippen LogP contribution in [0.4, 0.5) is 4.39 Å². The van der Waals surface area contributed by atoms with E-state index in [1.807, 2.05) is 0 Å². The predicted molar refractivity (Wildman–Crippen MR) is 78.1 cm³/mol. The Bertz CT molecular complexity index is 535. The van der Waals surface area contributed by atoms with Crippen molar-refractivity contribution in [3.8, 4) is 5.75 Å². The van der Waals surface area contributed by atoms with Gasteiger partial charge in [-0.2, -0.15) is 0 Å². The Kier molecular flexibility index (Phi) is 5.75. The summed E-state index contributed by atoms with van der Waals surface area (Å²) < 4.78 is 18.6. The minimum absolute atomic E-state index is 0.0643. The summed E-state index contributed by atoms with van der Waals surface area (Å²) in [6.45, 7) is 0.914. The molecule has 22 heavy (non-hydrogen) atoms. The summed E-state index contributed by atoms with van der Waals surface area (Å²) in [5.74, 6) is -1.31. The number of ether oxygens (including phenoxy) is 1. The zero-order chi connectivity index (χ0) is 15.9. The van der Waals surface area contributed by atoms with Gasteiger partial charge in [0, 0.05) is 19.5 Å². The molecule has 5 nitrogen and oxygen atoms in total. The summed E-state index contributed by atoms with van der Waals surface area (Å²) in [7, 11) is 0. The highest BCUT2D eigenvalue weighted by Gasteiger charge is 2.22. The highest BCUT2D eigenvalue weighted by Crippen LogP contribution is 2.21. The average Bonchev–Trinajstić information content (AvgIpc) is 2.71.